The molecule has 1 N–H and O–H groups in total. The normalized spacial score (nSPS) is 30.3. The number of hydrogen-bond donors (Lipinski definition) is 1. The van der Waals surface area contributed by atoms with E-state index in [1.165, 1.54) is 18.2 Å². The molecule has 1 spiro atoms. The van der Waals surface area contributed by atoms with Crippen molar-refractivity contribution in [1.29, 1.82) is 0 Å². The molecule has 2 bridgehead atoms. The first-order valence-electron chi connectivity index (χ1n) is 15.4. The highest BCUT2D eigenvalue weighted by Gasteiger charge is 2.44. The number of hydrogen-bond acceptors (Lipinski definition) is 6. The number of carbonyl (C=O) groups is 1. The first-order valence-corrected chi connectivity index (χ1v) is 15.8. The van der Waals surface area contributed by atoms with Crippen molar-refractivity contribution in [3.8, 4) is 5.75 Å². The summed E-state index contributed by atoms with van der Waals surface area (Å²) in [5, 5.41) is 11.9. The number of fused-ring (bicyclic) bond motifs is 4. The Morgan fingerprint density at radius 2 is 2.07 bits per heavy atom. The topological polar surface area (TPSA) is 62.2 Å². The van der Waals surface area contributed by atoms with Crippen LogP contribution in [0.25, 0.3) is 0 Å². The van der Waals surface area contributed by atoms with Crippen LogP contribution in [-0.4, -0.2) is 62.5 Å². The molecular weight excluding hydrogens is 548 g/mol. The Kier molecular flexibility index (Phi) is 8.30. The second-order valence-corrected chi connectivity index (χ2v) is 13.2. The lowest BCUT2D eigenvalue weighted by molar-refractivity contribution is -0.142. The summed E-state index contributed by atoms with van der Waals surface area (Å²) in [6.45, 7) is 7.31. The van der Waals surface area contributed by atoms with E-state index in [2.05, 4.69) is 40.7 Å². The maximum atomic E-state index is 13.2. The van der Waals surface area contributed by atoms with Gasteiger partial charge < -0.3 is 24.4 Å². The molecule has 0 saturated heterocycles. The van der Waals surface area contributed by atoms with Gasteiger partial charge in [0.15, 0.2) is 0 Å². The van der Waals surface area contributed by atoms with Crippen LogP contribution in [0.3, 0.4) is 0 Å². The van der Waals surface area contributed by atoms with Crippen molar-refractivity contribution in [3.63, 3.8) is 0 Å². The number of benzene rings is 2. The molecule has 6 rings (SSSR count). The van der Waals surface area contributed by atoms with Crippen molar-refractivity contribution < 1.29 is 19.4 Å². The van der Waals surface area contributed by atoms with Crippen LogP contribution in [0.15, 0.2) is 60.8 Å². The molecule has 1 saturated carbocycles. The fourth-order valence-electron chi connectivity index (χ4n) is 7.58. The van der Waals surface area contributed by atoms with Crippen molar-refractivity contribution in [1.82, 2.24) is 4.90 Å². The van der Waals surface area contributed by atoms with E-state index in [-0.39, 0.29) is 17.3 Å². The number of esters is 1. The Hall–Kier alpha value is -2.96. The number of aliphatic hydroxyl groups excluding tert-OH is 1. The first kappa shape index (κ1) is 29.1. The van der Waals surface area contributed by atoms with Crippen LogP contribution in [0.1, 0.15) is 61.1 Å². The Labute approximate surface area is 254 Å². The molecule has 0 amide bonds. The largest absolute Gasteiger partial charge is 0.490 e. The van der Waals surface area contributed by atoms with Gasteiger partial charge in [0.1, 0.15) is 5.75 Å². The van der Waals surface area contributed by atoms with Crippen molar-refractivity contribution in [2.24, 2.45) is 11.8 Å². The highest BCUT2D eigenvalue weighted by Crippen LogP contribution is 2.47. The number of carbonyl (C=O) groups excluding carboxylic acids is 1. The predicted octanol–water partition coefficient (Wildman–Crippen LogP) is 6.25. The van der Waals surface area contributed by atoms with Gasteiger partial charge in [-0.2, -0.15) is 0 Å². The third kappa shape index (κ3) is 5.56. The fraction of sp³-hybridized carbons (Fsp3) is 0.514. The van der Waals surface area contributed by atoms with Crippen molar-refractivity contribution in [2.45, 2.75) is 62.4 Å². The monoisotopic (exact) mass is 590 g/mol. The highest BCUT2D eigenvalue weighted by molar-refractivity contribution is 6.30. The van der Waals surface area contributed by atoms with E-state index in [9.17, 15) is 9.90 Å². The Bertz CT molecular complexity index is 1370. The van der Waals surface area contributed by atoms with Crippen LogP contribution in [-0.2, 0) is 21.4 Å². The van der Waals surface area contributed by atoms with E-state index in [0.29, 0.717) is 18.9 Å². The molecular formula is C35H43ClN2O4. The molecule has 4 aliphatic rings. The second-order valence-electron chi connectivity index (χ2n) is 12.8. The zero-order chi connectivity index (χ0) is 29.4. The van der Waals surface area contributed by atoms with Gasteiger partial charge in [0.25, 0.3) is 0 Å². The molecule has 0 radical (unpaired) electrons. The van der Waals surface area contributed by atoms with Crippen LogP contribution in [0.5, 0.6) is 5.75 Å². The van der Waals surface area contributed by atoms with E-state index in [1.807, 2.05) is 31.3 Å². The molecule has 0 aromatic heterocycles. The summed E-state index contributed by atoms with van der Waals surface area (Å²) in [5.41, 5.74) is 5.28. The SMILES string of the molecule is C=C1C[C@H](C(=O)OC)c2ccc3c(c2)N(C[C@@H]2CC[C@H]2[C@@H](O)/C=C/CCN1C)C[C@@]1(CCCc2cc(Cl)ccc21)CO3. The van der Waals surface area contributed by atoms with Gasteiger partial charge in [-0.15, -0.1) is 0 Å². The van der Waals surface area contributed by atoms with Gasteiger partial charge in [-0.05, 0) is 91.3 Å². The molecule has 7 heteroatoms. The quantitative estimate of drug-likeness (QED) is 0.313. The van der Waals surface area contributed by atoms with E-state index >= 15 is 0 Å². The molecule has 5 atom stereocenters. The summed E-state index contributed by atoms with van der Waals surface area (Å²) >= 11 is 6.43. The van der Waals surface area contributed by atoms with Gasteiger partial charge in [0, 0.05) is 49.2 Å². The number of nitrogens with zero attached hydrogens (tertiary/aromatic N) is 2. The molecule has 42 heavy (non-hydrogen) atoms. The average Bonchev–Trinajstić information content (AvgIpc) is 3.12. The van der Waals surface area contributed by atoms with Crippen LogP contribution in [0.4, 0.5) is 5.69 Å². The van der Waals surface area contributed by atoms with Crippen molar-refractivity contribution in [3.05, 3.63) is 82.5 Å². The van der Waals surface area contributed by atoms with Gasteiger partial charge in [-0.1, -0.05) is 42.5 Å². The number of rotatable bonds is 1. The minimum absolute atomic E-state index is 0.172. The molecule has 224 valence electrons. The van der Waals surface area contributed by atoms with Crippen molar-refractivity contribution in [2.75, 3.05) is 45.3 Å². The molecule has 1 fully saturated rings. The highest BCUT2D eigenvalue weighted by atomic mass is 35.5. The molecule has 6 nitrogen and oxygen atoms in total. The van der Waals surface area contributed by atoms with E-state index in [4.69, 9.17) is 21.1 Å². The maximum absolute atomic E-state index is 13.2. The molecule has 2 aliphatic heterocycles. The van der Waals surface area contributed by atoms with Crippen LogP contribution in [0.2, 0.25) is 5.02 Å². The van der Waals surface area contributed by atoms with E-state index < -0.39 is 12.0 Å². The zero-order valence-electron chi connectivity index (χ0n) is 24.9. The molecule has 2 aliphatic carbocycles. The maximum Gasteiger partial charge on any atom is 0.313 e. The smallest absolute Gasteiger partial charge is 0.313 e. The predicted molar refractivity (Wildman–Crippen MR) is 167 cm³/mol. The summed E-state index contributed by atoms with van der Waals surface area (Å²) in [7, 11) is 3.46. The number of methoxy groups -OCH3 is 1. The fourth-order valence-corrected chi connectivity index (χ4v) is 7.77. The lowest BCUT2D eigenvalue weighted by atomic mass is 9.68. The van der Waals surface area contributed by atoms with Gasteiger partial charge >= 0.3 is 5.97 Å². The summed E-state index contributed by atoms with van der Waals surface area (Å²) in [5.74, 6) is 0.718. The van der Waals surface area contributed by atoms with Crippen LogP contribution in [0, 0.1) is 11.8 Å². The summed E-state index contributed by atoms with van der Waals surface area (Å²) in [6, 6.07) is 12.5. The third-order valence-electron chi connectivity index (χ3n) is 10.3. The number of aryl methyl sites for hydroxylation is 1. The van der Waals surface area contributed by atoms with Gasteiger partial charge in [0.2, 0.25) is 0 Å². The molecule has 2 heterocycles. The number of allylic oxidation sites excluding steroid dienone is 1. The van der Waals surface area contributed by atoms with Gasteiger partial charge in [-0.25, -0.2) is 0 Å². The van der Waals surface area contributed by atoms with E-state index in [1.54, 1.807) is 0 Å². The van der Waals surface area contributed by atoms with Crippen LogP contribution >= 0.6 is 11.6 Å². The first-order chi connectivity index (χ1) is 20.3. The summed E-state index contributed by atoms with van der Waals surface area (Å²) in [6.07, 6.45) is 10.2. The van der Waals surface area contributed by atoms with E-state index in [0.717, 1.165) is 85.9 Å². The number of halogens is 1. The minimum Gasteiger partial charge on any atom is -0.490 e. The summed E-state index contributed by atoms with van der Waals surface area (Å²) in [4.78, 5) is 17.7. The number of aliphatic hydroxyl groups is 1. The molecule has 2 aromatic carbocycles. The Morgan fingerprint density at radius 1 is 1.21 bits per heavy atom. The third-order valence-corrected chi connectivity index (χ3v) is 10.5. The Morgan fingerprint density at radius 3 is 2.86 bits per heavy atom. The lowest BCUT2D eigenvalue weighted by Gasteiger charge is -2.45. The average molecular weight is 591 g/mol. The van der Waals surface area contributed by atoms with Gasteiger partial charge in [-0.3, -0.25) is 4.79 Å². The Balaban J connectivity index is 1.44. The lowest BCUT2D eigenvalue weighted by Crippen LogP contribution is -2.49. The molecule has 2 aromatic rings. The molecule has 0 unspecified atom stereocenters. The number of ether oxygens (including phenoxy) is 2. The van der Waals surface area contributed by atoms with Crippen molar-refractivity contribution >= 4 is 23.3 Å². The second kappa shape index (κ2) is 12.0. The minimum atomic E-state index is -0.464. The zero-order valence-corrected chi connectivity index (χ0v) is 25.6. The van der Waals surface area contributed by atoms with Gasteiger partial charge in [0.05, 0.1) is 31.4 Å². The summed E-state index contributed by atoms with van der Waals surface area (Å²) < 4.78 is 12.0. The number of anilines is 1. The van der Waals surface area contributed by atoms with Crippen LogP contribution < -0.4 is 9.64 Å². The standard InChI is InChI=1S/C35H43ClN2O4/c1-23-17-29(34(40)41-3)24-10-14-33-31(19-24)38(20-26-9-12-28(26)32(39)8-4-5-16-37(23)2)21-35(22-42-33)15-6-7-25-18-27(36)11-13-30(25)35/h4,8,10-11,13-14,18-19,26,28-29,32,39H,1,5-7,9,12,15-17,20-22H2,2-3H3/b8-4+/t26-,28+,29-,32-,35-/m0/s1.